The minimum Gasteiger partial charge on any atom is -0.397 e. The fourth-order valence-corrected chi connectivity index (χ4v) is 1.73. The second-order valence-electron chi connectivity index (χ2n) is 3.40. The first-order valence-electron chi connectivity index (χ1n) is 4.53. The molecule has 1 aromatic carbocycles. The van der Waals surface area contributed by atoms with Crippen LogP contribution < -0.4 is 11.5 Å². The highest BCUT2D eigenvalue weighted by atomic mass is 14.9. The number of benzene rings is 1. The van der Waals surface area contributed by atoms with Crippen LogP contribution >= 0.6 is 0 Å². The summed E-state index contributed by atoms with van der Waals surface area (Å²) in [5, 5.41) is 0.957. The number of nitrogens with one attached hydrogen (secondary N) is 1. The largest absolute Gasteiger partial charge is 0.397 e. The SMILES string of the molecule is Nc1ccc2cc(N)c3nc[nH]c3c2n1. The molecule has 0 saturated heterocycles. The van der Waals surface area contributed by atoms with Crippen LogP contribution in [0.5, 0.6) is 0 Å². The van der Waals surface area contributed by atoms with Crippen molar-refractivity contribution in [1.29, 1.82) is 0 Å². The number of nitrogens with two attached hydrogens (primary N) is 2. The van der Waals surface area contributed by atoms with Crippen LogP contribution in [0.3, 0.4) is 0 Å². The average Bonchev–Trinajstić information content (AvgIpc) is 2.69. The van der Waals surface area contributed by atoms with Crippen molar-refractivity contribution in [2.45, 2.75) is 0 Å². The van der Waals surface area contributed by atoms with Crippen LogP contribution in [-0.2, 0) is 0 Å². The number of hydrogen-bond acceptors (Lipinski definition) is 4. The fraction of sp³-hybridized carbons (Fsp3) is 0. The van der Waals surface area contributed by atoms with Gasteiger partial charge in [0.1, 0.15) is 11.3 Å². The van der Waals surface area contributed by atoms with Gasteiger partial charge in [-0.25, -0.2) is 9.97 Å². The third-order valence-electron chi connectivity index (χ3n) is 2.41. The molecule has 5 N–H and O–H groups in total. The molecule has 74 valence electrons. The van der Waals surface area contributed by atoms with E-state index in [1.54, 1.807) is 12.4 Å². The van der Waals surface area contributed by atoms with Gasteiger partial charge in [0.25, 0.3) is 0 Å². The molecule has 0 spiro atoms. The molecule has 0 saturated carbocycles. The maximum Gasteiger partial charge on any atom is 0.124 e. The highest BCUT2D eigenvalue weighted by Crippen LogP contribution is 2.26. The quantitative estimate of drug-likeness (QED) is 0.475. The van der Waals surface area contributed by atoms with Crippen LogP contribution in [0.4, 0.5) is 11.5 Å². The van der Waals surface area contributed by atoms with E-state index in [1.165, 1.54) is 0 Å². The number of anilines is 2. The molecule has 0 aliphatic rings. The zero-order chi connectivity index (χ0) is 10.4. The lowest BCUT2D eigenvalue weighted by atomic mass is 10.1. The second kappa shape index (κ2) is 2.60. The van der Waals surface area contributed by atoms with E-state index in [1.807, 2.05) is 12.1 Å². The molecule has 5 nitrogen and oxygen atoms in total. The lowest BCUT2D eigenvalue weighted by molar-refractivity contribution is 1.34. The molecule has 0 atom stereocenters. The summed E-state index contributed by atoms with van der Waals surface area (Å²) in [4.78, 5) is 11.4. The average molecular weight is 199 g/mol. The number of fused-ring (bicyclic) bond motifs is 3. The number of rotatable bonds is 0. The summed E-state index contributed by atoms with van der Waals surface area (Å²) in [5.41, 5.74) is 14.5. The summed E-state index contributed by atoms with van der Waals surface area (Å²) in [6, 6.07) is 5.50. The summed E-state index contributed by atoms with van der Waals surface area (Å²) < 4.78 is 0. The molecule has 0 radical (unpaired) electrons. The number of hydrogen-bond donors (Lipinski definition) is 3. The first-order valence-corrected chi connectivity index (χ1v) is 4.53. The fourth-order valence-electron chi connectivity index (χ4n) is 1.73. The summed E-state index contributed by atoms with van der Waals surface area (Å²) >= 11 is 0. The molecule has 0 unspecified atom stereocenters. The van der Waals surface area contributed by atoms with Gasteiger partial charge in [0.05, 0.1) is 23.0 Å². The minimum absolute atomic E-state index is 0.489. The Morgan fingerprint density at radius 2 is 2.00 bits per heavy atom. The van der Waals surface area contributed by atoms with Crippen LogP contribution in [-0.4, -0.2) is 15.0 Å². The van der Waals surface area contributed by atoms with Crippen molar-refractivity contribution in [2.75, 3.05) is 11.5 Å². The van der Waals surface area contributed by atoms with Crippen LogP contribution in [0.15, 0.2) is 24.5 Å². The monoisotopic (exact) mass is 199 g/mol. The summed E-state index contributed by atoms with van der Waals surface area (Å²) in [6.07, 6.45) is 1.60. The van der Waals surface area contributed by atoms with Gasteiger partial charge in [0.2, 0.25) is 0 Å². The molecular formula is C10H9N5. The number of nitrogen functional groups attached to an aromatic ring is 2. The molecule has 15 heavy (non-hydrogen) atoms. The zero-order valence-corrected chi connectivity index (χ0v) is 7.86. The highest BCUT2D eigenvalue weighted by Gasteiger charge is 2.07. The Labute approximate surface area is 85.1 Å². The van der Waals surface area contributed by atoms with Crippen molar-refractivity contribution in [2.24, 2.45) is 0 Å². The number of nitrogens with zero attached hydrogens (tertiary/aromatic N) is 2. The molecule has 3 aromatic rings. The molecule has 0 amide bonds. The van der Waals surface area contributed by atoms with Crippen molar-refractivity contribution in [3.05, 3.63) is 24.5 Å². The van der Waals surface area contributed by atoms with E-state index in [2.05, 4.69) is 15.0 Å². The van der Waals surface area contributed by atoms with E-state index in [9.17, 15) is 0 Å². The highest BCUT2D eigenvalue weighted by molar-refractivity contribution is 6.07. The molecule has 0 aliphatic heterocycles. The Morgan fingerprint density at radius 1 is 1.13 bits per heavy atom. The van der Waals surface area contributed by atoms with Gasteiger partial charge in [-0.3, -0.25) is 0 Å². The maximum atomic E-state index is 5.86. The predicted octanol–water partition coefficient (Wildman–Crippen LogP) is 1.28. The van der Waals surface area contributed by atoms with Gasteiger partial charge in [-0.2, -0.15) is 0 Å². The van der Waals surface area contributed by atoms with Gasteiger partial charge < -0.3 is 16.5 Å². The Balaban J connectivity index is 2.61. The van der Waals surface area contributed by atoms with E-state index in [-0.39, 0.29) is 0 Å². The first-order chi connectivity index (χ1) is 7.25. The molecule has 5 heteroatoms. The molecule has 0 bridgehead atoms. The summed E-state index contributed by atoms with van der Waals surface area (Å²) in [5.74, 6) is 0.489. The van der Waals surface area contributed by atoms with Gasteiger partial charge >= 0.3 is 0 Å². The van der Waals surface area contributed by atoms with Crippen molar-refractivity contribution in [3.8, 4) is 0 Å². The van der Waals surface area contributed by atoms with E-state index in [0.29, 0.717) is 11.5 Å². The molecule has 2 aromatic heterocycles. The number of aromatic nitrogens is 3. The van der Waals surface area contributed by atoms with Crippen LogP contribution in [0.25, 0.3) is 21.9 Å². The van der Waals surface area contributed by atoms with Crippen molar-refractivity contribution in [3.63, 3.8) is 0 Å². The molecule has 3 rings (SSSR count). The van der Waals surface area contributed by atoms with Crippen molar-refractivity contribution >= 4 is 33.4 Å². The Bertz CT molecular complexity index is 655. The number of H-pyrrole nitrogens is 1. The van der Waals surface area contributed by atoms with Gasteiger partial charge in [-0.05, 0) is 18.2 Å². The normalized spacial score (nSPS) is 11.2. The molecule has 2 heterocycles. The number of aromatic amines is 1. The smallest absolute Gasteiger partial charge is 0.124 e. The van der Waals surface area contributed by atoms with Crippen LogP contribution in [0, 0.1) is 0 Å². The van der Waals surface area contributed by atoms with Crippen molar-refractivity contribution in [1.82, 2.24) is 15.0 Å². The third kappa shape index (κ3) is 1.03. The van der Waals surface area contributed by atoms with Gasteiger partial charge in [-0.15, -0.1) is 0 Å². The third-order valence-corrected chi connectivity index (χ3v) is 2.41. The van der Waals surface area contributed by atoms with E-state index in [0.717, 1.165) is 21.9 Å². The number of pyridine rings is 1. The van der Waals surface area contributed by atoms with Gasteiger partial charge in [0.15, 0.2) is 0 Å². The molecule has 0 aliphatic carbocycles. The van der Waals surface area contributed by atoms with Gasteiger partial charge in [-0.1, -0.05) is 0 Å². The van der Waals surface area contributed by atoms with Crippen LogP contribution in [0.1, 0.15) is 0 Å². The lowest BCUT2D eigenvalue weighted by Gasteiger charge is -2.02. The lowest BCUT2D eigenvalue weighted by Crippen LogP contribution is -1.93. The predicted molar refractivity (Wildman–Crippen MR) is 60.2 cm³/mol. The van der Waals surface area contributed by atoms with Crippen LogP contribution in [0.2, 0.25) is 0 Å². The minimum atomic E-state index is 0.489. The maximum absolute atomic E-state index is 5.86. The van der Waals surface area contributed by atoms with Crippen molar-refractivity contribution < 1.29 is 0 Å². The molecule has 0 fully saturated rings. The summed E-state index contributed by atoms with van der Waals surface area (Å²) in [6.45, 7) is 0. The Hall–Kier alpha value is -2.30. The first kappa shape index (κ1) is 8.05. The topological polar surface area (TPSA) is 93.6 Å². The van der Waals surface area contributed by atoms with E-state index in [4.69, 9.17) is 11.5 Å². The number of imidazole rings is 1. The summed E-state index contributed by atoms with van der Waals surface area (Å²) in [7, 11) is 0. The molecular weight excluding hydrogens is 190 g/mol. The zero-order valence-electron chi connectivity index (χ0n) is 7.86. The van der Waals surface area contributed by atoms with E-state index >= 15 is 0 Å². The van der Waals surface area contributed by atoms with E-state index < -0.39 is 0 Å². The Morgan fingerprint density at radius 3 is 2.87 bits per heavy atom. The Kier molecular flexibility index (Phi) is 1.39. The second-order valence-corrected chi connectivity index (χ2v) is 3.40. The standard InChI is InChI=1S/C10H9N5/c11-6-3-5-1-2-7(12)15-8(5)10-9(6)13-4-14-10/h1-4H,11H2,(H2,12,15)(H,13,14). The van der Waals surface area contributed by atoms with Gasteiger partial charge in [0, 0.05) is 5.39 Å².